The molecule has 2 rings (SSSR count). The van der Waals surface area contributed by atoms with E-state index in [0.29, 0.717) is 26.8 Å². The average molecular weight is 416 g/mol. The van der Waals surface area contributed by atoms with E-state index < -0.39 is 4.92 Å². The topological polar surface area (TPSA) is 78.4 Å². The number of hydrogen-bond donors (Lipinski definition) is 1. The van der Waals surface area contributed by atoms with Gasteiger partial charge < -0.3 is 10.5 Å². The third-order valence-corrected chi connectivity index (χ3v) is 3.94. The lowest BCUT2D eigenvalue weighted by molar-refractivity contribution is -0.385. The summed E-state index contributed by atoms with van der Waals surface area (Å²) >= 11 is 6.64. The molecule has 0 radical (unpaired) electrons. The van der Waals surface area contributed by atoms with E-state index in [0.717, 1.165) is 5.56 Å². The summed E-state index contributed by atoms with van der Waals surface area (Å²) in [6.45, 7) is 2.17. The van der Waals surface area contributed by atoms with Crippen molar-refractivity contribution >= 4 is 37.5 Å². The molecule has 0 heterocycles. The molecule has 0 aliphatic rings. The van der Waals surface area contributed by atoms with Crippen LogP contribution < -0.4 is 10.5 Å². The van der Waals surface area contributed by atoms with Gasteiger partial charge in [-0.15, -0.1) is 0 Å². The highest BCUT2D eigenvalue weighted by Gasteiger charge is 2.20. The van der Waals surface area contributed by atoms with Gasteiger partial charge in [0.1, 0.15) is 5.75 Å². The normalized spacial score (nSPS) is 10.5. The largest absolute Gasteiger partial charge is 0.449 e. The number of nitrogens with two attached hydrogens (primary N) is 1. The average Bonchev–Trinajstić information content (AvgIpc) is 2.42. The van der Waals surface area contributed by atoms with E-state index >= 15 is 0 Å². The maximum absolute atomic E-state index is 11.2. The quantitative estimate of drug-likeness (QED) is 0.580. The van der Waals surface area contributed by atoms with Crippen LogP contribution in [0.15, 0.2) is 39.3 Å². The van der Waals surface area contributed by atoms with E-state index in [1.165, 1.54) is 6.07 Å². The number of hydrogen-bond acceptors (Lipinski definition) is 4. The zero-order valence-corrected chi connectivity index (χ0v) is 14.3. The highest BCUT2D eigenvalue weighted by molar-refractivity contribution is 9.10. The van der Waals surface area contributed by atoms with E-state index in [-0.39, 0.29) is 11.4 Å². The monoisotopic (exact) mass is 414 g/mol. The lowest BCUT2D eigenvalue weighted by atomic mass is 10.2. The Balaban J connectivity index is 2.46. The van der Waals surface area contributed by atoms with Gasteiger partial charge in [-0.2, -0.15) is 0 Å². The Morgan fingerprint density at radius 3 is 2.57 bits per heavy atom. The van der Waals surface area contributed by atoms with Crippen LogP contribution in [0, 0.1) is 17.0 Å². The summed E-state index contributed by atoms with van der Waals surface area (Å²) in [7, 11) is 0. The Morgan fingerprint density at radius 1 is 1.29 bits per heavy atom. The molecule has 0 atom stereocenters. The first kappa shape index (κ1) is 15.9. The summed E-state index contributed by atoms with van der Waals surface area (Å²) in [4.78, 5) is 10.7. The molecule has 0 aliphatic heterocycles. The molecule has 0 saturated heterocycles. The molecule has 0 saturated carbocycles. The minimum absolute atomic E-state index is 0.0864. The Labute approximate surface area is 138 Å². The molecular weight excluding hydrogens is 404 g/mol. The number of rotatable bonds is 4. The summed E-state index contributed by atoms with van der Waals surface area (Å²) in [5.41, 5.74) is 7.10. The molecule has 21 heavy (non-hydrogen) atoms. The molecular formula is C14H12Br2N2O3. The molecule has 0 amide bonds. The fourth-order valence-corrected chi connectivity index (χ4v) is 2.91. The smallest absolute Gasteiger partial charge is 0.312 e. The minimum Gasteiger partial charge on any atom is -0.449 e. The Hall–Kier alpha value is -1.44. The summed E-state index contributed by atoms with van der Waals surface area (Å²) in [5.74, 6) is 0.727. The van der Waals surface area contributed by atoms with Crippen LogP contribution in [0.4, 0.5) is 5.69 Å². The Kier molecular flexibility index (Phi) is 4.97. The number of nitro benzene ring substituents is 1. The van der Waals surface area contributed by atoms with E-state index in [2.05, 4.69) is 31.9 Å². The summed E-state index contributed by atoms with van der Waals surface area (Å²) < 4.78 is 7.07. The van der Waals surface area contributed by atoms with E-state index in [1.54, 1.807) is 19.1 Å². The van der Waals surface area contributed by atoms with Crippen LogP contribution >= 0.6 is 31.9 Å². The predicted molar refractivity (Wildman–Crippen MR) is 87.6 cm³/mol. The first-order chi connectivity index (χ1) is 9.92. The molecule has 0 spiro atoms. The van der Waals surface area contributed by atoms with Crippen molar-refractivity contribution in [3.05, 3.63) is 60.5 Å². The van der Waals surface area contributed by atoms with Crippen molar-refractivity contribution in [1.82, 2.24) is 0 Å². The van der Waals surface area contributed by atoms with Crippen LogP contribution in [-0.4, -0.2) is 4.92 Å². The van der Waals surface area contributed by atoms with E-state index in [4.69, 9.17) is 10.5 Å². The van der Waals surface area contributed by atoms with Crippen molar-refractivity contribution in [3.8, 4) is 11.5 Å². The third kappa shape index (κ3) is 3.61. The molecule has 0 fully saturated rings. The highest BCUT2D eigenvalue weighted by Crippen LogP contribution is 2.39. The molecule has 110 valence electrons. The second-order valence-electron chi connectivity index (χ2n) is 4.40. The lowest BCUT2D eigenvalue weighted by Crippen LogP contribution is -1.98. The maximum Gasteiger partial charge on any atom is 0.312 e. The number of ether oxygens (including phenoxy) is 1. The van der Waals surface area contributed by atoms with Crippen molar-refractivity contribution in [2.75, 3.05) is 0 Å². The Bertz CT molecular complexity index is 705. The molecule has 7 heteroatoms. The van der Waals surface area contributed by atoms with Gasteiger partial charge in [-0.05, 0) is 52.2 Å². The van der Waals surface area contributed by atoms with Crippen LogP contribution in [0.3, 0.4) is 0 Å². The van der Waals surface area contributed by atoms with Gasteiger partial charge in [0.25, 0.3) is 0 Å². The van der Waals surface area contributed by atoms with Gasteiger partial charge in [-0.3, -0.25) is 10.1 Å². The van der Waals surface area contributed by atoms with Gasteiger partial charge in [-0.1, -0.05) is 22.0 Å². The number of halogens is 2. The molecule has 0 aliphatic carbocycles. The van der Waals surface area contributed by atoms with Crippen LogP contribution in [0.2, 0.25) is 0 Å². The van der Waals surface area contributed by atoms with E-state index in [9.17, 15) is 10.1 Å². The van der Waals surface area contributed by atoms with Crippen LogP contribution in [-0.2, 0) is 6.54 Å². The molecule has 0 aromatic heterocycles. The molecule has 2 aromatic rings. The van der Waals surface area contributed by atoms with Crippen LogP contribution in [0.1, 0.15) is 11.1 Å². The van der Waals surface area contributed by atoms with Gasteiger partial charge in [0.05, 0.1) is 9.40 Å². The van der Waals surface area contributed by atoms with Gasteiger partial charge >= 0.3 is 5.69 Å². The standard InChI is InChI=1S/C14H12Br2N2O3/c1-8-4-10(15)6-12(18(19)20)14(8)21-13-3-2-9(7-17)5-11(13)16/h2-6H,7,17H2,1H3. The number of benzene rings is 2. The Morgan fingerprint density at radius 2 is 2.00 bits per heavy atom. The molecule has 2 aromatic carbocycles. The fourth-order valence-electron chi connectivity index (χ4n) is 1.84. The van der Waals surface area contributed by atoms with Gasteiger partial charge in [-0.25, -0.2) is 0 Å². The van der Waals surface area contributed by atoms with Crippen LogP contribution in [0.5, 0.6) is 11.5 Å². The molecule has 0 unspecified atom stereocenters. The van der Waals surface area contributed by atoms with Gasteiger partial charge in [0, 0.05) is 17.1 Å². The van der Waals surface area contributed by atoms with Crippen molar-refractivity contribution < 1.29 is 9.66 Å². The third-order valence-electron chi connectivity index (χ3n) is 2.86. The number of aryl methyl sites for hydroxylation is 1. The zero-order chi connectivity index (χ0) is 15.6. The lowest BCUT2D eigenvalue weighted by Gasteiger charge is -2.12. The molecule has 5 nitrogen and oxygen atoms in total. The zero-order valence-electron chi connectivity index (χ0n) is 11.1. The number of nitro groups is 1. The fraction of sp³-hybridized carbons (Fsp3) is 0.143. The maximum atomic E-state index is 11.2. The minimum atomic E-state index is -0.463. The summed E-state index contributed by atoms with van der Waals surface area (Å²) in [6.07, 6.45) is 0. The highest BCUT2D eigenvalue weighted by atomic mass is 79.9. The van der Waals surface area contributed by atoms with E-state index in [1.807, 2.05) is 12.1 Å². The first-order valence-corrected chi connectivity index (χ1v) is 7.62. The second kappa shape index (κ2) is 6.55. The van der Waals surface area contributed by atoms with Crippen molar-refractivity contribution in [1.29, 1.82) is 0 Å². The summed E-state index contributed by atoms with van der Waals surface area (Å²) in [5, 5.41) is 11.2. The van der Waals surface area contributed by atoms with Crippen molar-refractivity contribution in [2.45, 2.75) is 13.5 Å². The number of nitrogens with zero attached hydrogens (tertiary/aromatic N) is 1. The summed E-state index contributed by atoms with van der Waals surface area (Å²) in [6, 6.07) is 8.57. The first-order valence-electron chi connectivity index (χ1n) is 6.03. The predicted octanol–water partition coefficient (Wildman–Crippen LogP) is 4.68. The molecule has 0 bridgehead atoms. The van der Waals surface area contributed by atoms with Gasteiger partial charge in [0.2, 0.25) is 5.75 Å². The van der Waals surface area contributed by atoms with Crippen LogP contribution in [0.25, 0.3) is 0 Å². The van der Waals surface area contributed by atoms with Crippen molar-refractivity contribution in [2.24, 2.45) is 5.73 Å². The molecule has 2 N–H and O–H groups in total. The van der Waals surface area contributed by atoms with Crippen molar-refractivity contribution in [3.63, 3.8) is 0 Å². The van der Waals surface area contributed by atoms with Gasteiger partial charge in [0.15, 0.2) is 0 Å². The SMILES string of the molecule is Cc1cc(Br)cc([N+](=O)[O-])c1Oc1ccc(CN)cc1Br. The second-order valence-corrected chi connectivity index (χ2v) is 6.17.